The lowest BCUT2D eigenvalue weighted by molar-refractivity contribution is 0.242. The van der Waals surface area contributed by atoms with Crippen molar-refractivity contribution in [2.45, 2.75) is 19.4 Å². The Morgan fingerprint density at radius 2 is 1.96 bits per heavy atom. The summed E-state index contributed by atoms with van der Waals surface area (Å²) in [7, 11) is 1.70. The molecule has 2 aromatic carbocycles. The molecule has 28 heavy (non-hydrogen) atoms. The van der Waals surface area contributed by atoms with Gasteiger partial charge in [0.1, 0.15) is 0 Å². The van der Waals surface area contributed by atoms with Gasteiger partial charge < -0.3 is 14.8 Å². The molecule has 0 aliphatic carbocycles. The fourth-order valence-electron chi connectivity index (χ4n) is 3.95. The average Bonchev–Trinajstić information content (AvgIpc) is 2.96. The molecule has 1 fully saturated rings. The molecular formula is C23H28N2O2S. The van der Waals surface area contributed by atoms with Gasteiger partial charge in [-0.3, -0.25) is 4.90 Å². The normalized spacial score (nSPS) is 16.6. The van der Waals surface area contributed by atoms with Crippen molar-refractivity contribution in [1.29, 1.82) is 0 Å². The van der Waals surface area contributed by atoms with Crippen LogP contribution in [-0.2, 0) is 0 Å². The first-order valence-corrected chi connectivity index (χ1v) is 10.9. The van der Waals surface area contributed by atoms with E-state index in [-0.39, 0.29) is 6.04 Å². The highest BCUT2D eigenvalue weighted by Gasteiger charge is 2.26. The molecule has 5 heteroatoms. The molecule has 0 saturated carbocycles. The number of rotatable bonds is 6. The van der Waals surface area contributed by atoms with Gasteiger partial charge in [-0.15, -0.1) is 11.3 Å². The second-order valence-corrected chi connectivity index (χ2v) is 8.19. The van der Waals surface area contributed by atoms with Gasteiger partial charge in [0.25, 0.3) is 0 Å². The Labute approximate surface area is 171 Å². The Morgan fingerprint density at radius 1 is 1.07 bits per heavy atom. The Bertz CT molecular complexity index is 883. The number of methoxy groups -OCH3 is 1. The van der Waals surface area contributed by atoms with Gasteiger partial charge in [0, 0.05) is 29.2 Å². The van der Waals surface area contributed by atoms with E-state index in [0.717, 1.165) is 44.1 Å². The quantitative estimate of drug-likeness (QED) is 0.655. The maximum atomic E-state index is 5.87. The zero-order valence-electron chi connectivity index (χ0n) is 16.6. The van der Waals surface area contributed by atoms with Gasteiger partial charge in [0.2, 0.25) is 0 Å². The molecular weight excluding hydrogens is 368 g/mol. The lowest BCUT2D eigenvalue weighted by Crippen LogP contribution is -2.32. The second kappa shape index (κ2) is 8.95. The van der Waals surface area contributed by atoms with E-state index in [4.69, 9.17) is 9.47 Å². The maximum absolute atomic E-state index is 5.87. The van der Waals surface area contributed by atoms with Crippen molar-refractivity contribution < 1.29 is 9.47 Å². The maximum Gasteiger partial charge on any atom is 0.161 e. The Kier molecular flexibility index (Phi) is 6.15. The number of benzene rings is 2. The van der Waals surface area contributed by atoms with Crippen LogP contribution in [0, 0.1) is 0 Å². The number of nitrogens with zero attached hydrogens (tertiary/aromatic N) is 1. The molecule has 4 nitrogen and oxygen atoms in total. The van der Waals surface area contributed by atoms with E-state index >= 15 is 0 Å². The first-order valence-electron chi connectivity index (χ1n) is 10.0. The summed E-state index contributed by atoms with van der Waals surface area (Å²) in [5.74, 6) is 1.61. The van der Waals surface area contributed by atoms with Crippen molar-refractivity contribution in [3.8, 4) is 11.5 Å². The standard InChI is InChI=1S/C23H28N2O2S/c1-3-27-20-15-18(9-10-19(20)26-2)23(25-13-6-11-24-12-14-25)22-16-17-7-4-5-8-21(17)28-22/h4-5,7-10,15-16,23-24H,3,6,11-14H2,1-2H3. The van der Waals surface area contributed by atoms with Crippen LogP contribution in [0.1, 0.15) is 29.8 Å². The van der Waals surface area contributed by atoms with Gasteiger partial charge in [0.15, 0.2) is 11.5 Å². The number of hydrogen-bond acceptors (Lipinski definition) is 5. The minimum atomic E-state index is 0.224. The minimum Gasteiger partial charge on any atom is -0.493 e. The van der Waals surface area contributed by atoms with Gasteiger partial charge in [-0.1, -0.05) is 24.3 Å². The van der Waals surface area contributed by atoms with Crippen molar-refractivity contribution >= 4 is 21.4 Å². The van der Waals surface area contributed by atoms with E-state index in [1.54, 1.807) is 7.11 Å². The smallest absolute Gasteiger partial charge is 0.161 e. The predicted octanol–water partition coefficient (Wildman–Crippen LogP) is 4.69. The van der Waals surface area contributed by atoms with Crippen LogP contribution in [0.25, 0.3) is 10.1 Å². The first-order chi connectivity index (χ1) is 13.8. The van der Waals surface area contributed by atoms with Crippen molar-refractivity contribution in [2.75, 3.05) is 39.9 Å². The summed E-state index contributed by atoms with van der Waals surface area (Å²) >= 11 is 1.90. The fraction of sp³-hybridized carbons (Fsp3) is 0.391. The molecule has 1 aliphatic heterocycles. The van der Waals surface area contributed by atoms with Crippen molar-refractivity contribution in [3.63, 3.8) is 0 Å². The van der Waals surface area contributed by atoms with Crippen LogP contribution in [0.4, 0.5) is 0 Å². The molecule has 0 bridgehead atoms. The topological polar surface area (TPSA) is 33.7 Å². The van der Waals surface area contributed by atoms with Crippen molar-refractivity contribution in [2.24, 2.45) is 0 Å². The number of nitrogens with one attached hydrogen (secondary N) is 1. The van der Waals surface area contributed by atoms with Crippen LogP contribution in [0.2, 0.25) is 0 Å². The molecule has 1 aliphatic rings. The molecule has 1 saturated heterocycles. The van der Waals surface area contributed by atoms with E-state index in [2.05, 4.69) is 52.7 Å². The Hall–Kier alpha value is -2.08. The number of thiophene rings is 1. The van der Waals surface area contributed by atoms with Crippen LogP contribution < -0.4 is 14.8 Å². The van der Waals surface area contributed by atoms with E-state index in [1.165, 1.54) is 20.5 Å². The first kappa shape index (κ1) is 19.2. The highest BCUT2D eigenvalue weighted by molar-refractivity contribution is 7.19. The third-order valence-electron chi connectivity index (χ3n) is 5.26. The van der Waals surface area contributed by atoms with Crippen LogP contribution in [-0.4, -0.2) is 44.8 Å². The molecule has 3 aromatic rings. The van der Waals surface area contributed by atoms with Gasteiger partial charge in [-0.05, 0) is 55.1 Å². The highest BCUT2D eigenvalue weighted by atomic mass is 32.1. The van der Waals surface area contributed by atoms with E-state index < -0.39 is 0 Å². The van der Waals surface area contributed by atoms with Gasteiger partial charge >= 0.3 is 0 Å². The Balaban J connectivity index is 1.79. The summed E-state index contributed by atoms with van der Waals surface area (Å²) in [5.41, 5.74) is 1.26. The predicted molar refractivity (Wildman–Crippen MR) is 117 cm³/mol. The summed E-state index contributed by atoms with van der Waals surface area (Å²) in [6.07, 6.45) is 1.16. The zero-order chi connectivity index (χ0) is 19.3. The van der Waals surface area contributed by atoms with E-state index in [0.29, 0.717) is 6.61 Å². The molecule has 1 N–H and O–H groups in total. The summed E-state index contributed by atoms with van der Waals surface area (Å²) < 4.78 is 12.7. The van der Waals surface area contributed by atoms with Crippen LogP contribution in [0.15, 0.2) is 48.5 Å². The molecule has 148 valence electrons. The molecule has 0 spiro atoms. The molecule has 1 unspecified atom stereocenters. The lowest BCUT2D eigenvalue weighted by atomic mass is 10.0. The minimum absolute atomic E-state index is 0.224. The van der Waals surface area contributed by atoms with Gasteiger partial charge in [0.05, 0.1) is 19.8 Å². The monoisotopic (exact) mass is 396 g/mol. The third kappa shape index (κ3) is 4.02. The SMILES string of the molecule is CCOc1cc(C(c2cc3ccccc3s2)N2CCCNCC2)ccc1OC. The number of ether oxygens (including phenoxy) is 2. The fourth-order valence-corrected chi connectivity index (χ4v) is 5.18. The average molecular weight is 397 g/mol. The zero-order valence-corrected chi connectivity index (χ0v) is 17.4. The van der Waals surface area contributed by atoms with Gasteiger partial charge in [-0.25, -0.2) is 0 Å². The summed E-state index contributed by atoms with van der Waals surface area (Å²) in [6.45, 7) is 6.87. The second-order valence-electron chi connectivity index (χ2n) is 7.07. The largest absolute Gasteiger partial charge is 0.493 e. The van der Waals surface area contributed by atoms with Crippen molar-refractivity contribution in [3.05, 3.63) is 59.0 Å². The van der Waals surface area contributed by atoms with Crippen LogP contribution in [0.3, 0.4) is 0 Å². The molecule has 1 atom stereocenters. The number of fused-ring (bicyclic) bond motifs is 1. The highest BCUT2D eigenvalue weighted by Crippen LogP contribution is 2.40. The summed E-state index contributed by atoms with van der Waals surface area (Å²) in [6, 6.07) is 17.6. The van der Waals surface area contributed by atoms with Crippen LogP contribution >= 0.6 is 11.3 Å². The van der Waals surface area contributed by atoms with Crippen LogP contribution in [0.5, 0.6) is 11.5 Å². The number of hydrogen-bond donors (Lipinski definition) is 1. The Morgan fingerprint density at radius 3 is 2.79 bits per heavy atom. The molecule has 2 heterocycles. The van der Waals surface area contributed by atoms with Gasteiger partial charge in [-0.2, -0.15) is 0 Å². The molecule has 1 aromatic heterocycles. The molecule has 0 amide bonds. The third-order valence-corrected chi connectivity index (χ3v) is 6.43. The summed E-state index contributed by atoms with van der Waals surface area (Å²) in [5, 5.41) is 4.85. The van der Waals surface area contributed by atoms with E-state index in [9.17, 15) is 0 Å². The molecule has 0 radical (unpaired) electrons. The molecule has 4 rings (SSSR count). The summed E-state index contributed by atoms with van der Waals surface area (Å²) in [4.78, 5) is 3.98. The van der Waals surface area contributed by atoms with Crippen molar-refractivity contribution in [1.82, 2.24) is 10.2 Å². The lowest BCUT2D eigenvalue weighted by Gasteiger charge is -2.30. The van der Waals surface area contributed by atoms with E-state index in [1.807, 2.05) is 24.3 Å².